The van der Waals surface area contributed by atoms with Crippen LogP contribution in [0.4, 0.5) is 16.2 Å². The quantitative estimate of drug-likeness (QED) is 0.896. The van der Waals surface area contributed by atoms with Gasteiger partial charge in [-0.15, -0.1) is 0 Å². The van der Waals surface area contributed by atoms with Gasteiger partial charge in [-0.25, -0.2) is 9.78 Å². The maximum atomic E-state index is 11.7. The molecule has 0 spiro atoms. The Labute approximate surface area is 136 Å². The number of nitrogens with zero attached hydrogens (tertiary/aromatic N) is 2. The van der Waals surface area contributed by atoms with Crippen LogP contribution in [0.1, 0.15) is 39.6 Å². The third-order valence-corrected chi connectivity index (χ3v) is 3.16. The minimum atomic E-state index is -0.511. The molecule has 0 aliphatic heterocycles. The van der Waals surface area contributed by atoms with E-state index in [9.17, 15) is 4.79 Å². The number of benzene rings is 1. The molecule has 0 saturated carbocycles. The van der Waals surface area contributed by atoms with Crippen LogP contribution in [0.3, 0.4) is 0 Å². The Morgan fingerprint density at radius 2 is 1.83 bits per heavy atom. The smallest absolute Gasteiger partial charge is 0.412 e. The number of aryl methyl sites for hydroxylation is 1. The van der Waals surface area contributed by atoms with Crippen molar-refractivity contribution < 1.29 is 9.53 Å². The minimum Gasteiger partial charge on any atom is -0.444 e. The summed E-state index contributed by atoms with van der Waals surface area (Å²) in [5.41, 5.74) is 1.13. The van der Waals surface area contributed by atoms with Crippen LogP contribution in [-0.2, 0) is 11.8 Å². The molecule has 0 bridgehead atoms. The molecule has 1 amide bonds. The monoisotopic (exact) mass is 316 g/mol. The lowest BCUT2D eigenvalue weighted by atomic mass is 10.2. The fraction of sp³-hybridized carbons (Fsp3) is 0.412. The molecule has 0 aliphatic carbocycles. The molecule has 2 aromatic rings. The summed E-state index contributed by atoms with van der Waals surface area (Å²) in [6.07, 6.45) is 3.24. The van der Waals surface area contributed by atoms with Crippen LogP contribution in [-0.4, -0.2) is 21.2 Å². The van der Waals surface area contributed by atoms with Crippen molar-refractivity contribution in [2.24, 2.45) is 7.05 Å². The largest absolute Gasteiger partial charge is 0.444 e. The molecule has 1 atom stereocenters. The highest BCUT2D eigenvalue weighted by Gasteiger charge is 2.16. The number of hydrogen-bond acceptors (Lipinski definition) is 4. The van der Waals surface area contributed by atoms with Crippen LogP contribution in [0.25, 0.3) is 0 Å². The summed E-state index contributed by atoms with van der Waals surface area (Å²) in [4.78, 5) is 16.1. The number of ether oxygens (including phenoxy) is 1. The zero-order valence-corrected chi connectivity index (χ0v) is 14.3. The number of aromatic nitrogens is 2. The third-order valence-electron chi connectivity index (χ3n) is 3.16. The predicted molar refractivity (Wildman–Crippen MR) is 91.5 cm³/mol. The maximum absolute atomic E-state index is 11.7. The van der Waals surface area contributed by atoms with E-state index in [1.165, 1.54) is 0 Å². The van der Waals surface area contributed by atoms with E-state index < -0.39 is 11.7 Å². The van der Waals surface area contributed by atoms with Gasteiger partial charge in [0.15, 0.2) is 0 Å². The first-order valence-corrected chi connectivity index (χ1v) is 7.58. The Bertz CT molecular complexity index is 656. The first kappa shape index (κ1) is 16.9. The first-order valence-electron chi connectivity index (χ1n) is 7.58. The van der Waals surface area contributed by atoms with Crippen molar-refractivity contribution in [3.63, 3.8) is 0 Å². The van der Waals surface area contributed by atoms with Crippen LogP contribution in [0, 0.1) is 0 Å². The van der Waals surface area contributed by atoms with Gasteiger partial charge in [-0.2, -0.15) is 0 Å². The molecule has 1 aromatic carbocycles. The van der Waals surface area contributed by atoms with E-state index in [0.717, 1.165) is 11.5 Å². The summed E-state index contributed by atoms with van der Waals surface area (Å²) in [6.45, 7) is 7.55. The maximum Gasteiger partial charge on any atom is 0.412 e. The van der Waals surface area contributed by atoms with Gasteiger partial charge in [0.2, 0.25) is 0 Å². The molecule has 1 unspecified atom stereocenters. The number of hydrogen-bond donors (Lipinski definition) is 2. The molecule has 0 saturated heterocycles. The number of carbonyl (C=O) groups excluding carboxylic acids is 1. The molecule has 124 valence electrons. The standard InChI is InChI=1S/C17H24N4O2/c1-12(15-18-10-11-21(15)5)19-13-6-8-14(9-7-13)20-16(22)23-17(2,3)4/h6-12,19H,1-5H3,(H,20,22). The Hall–Kier alpha value is -2.50. The van der Waals surface area contributed by atoms with E-state index >= 15 is 0 Å². The van der Waals surface area contributed by atoms with Gasteiger partial charge in [0, 0.05) is 30.8 Å². The number of rotatable bonds is 4. The molecule has 23 heavy (non-hydrogen) atoms. The highest BCUT2D eigenvalue weighted by atomic mass is 16.6. The Kier molecular flexibility index (Phi) is 4.93. The third kappa shape index (κ3) is 5.02. The molecule has 6 nitrogen and oxygen atoms in total. The van der Waals surface area contributed by atoms with E-state index in [2.05, 4.69) is 22.5 Å². The highest BCUT2D eigenvalue weighted by molar-refractivity contribution is 5.85. The zero-order valence-electron chi connectivity index (χ0n) is 14.3. The van der Waals surface area contributed by atoms with Crippen LogP contribution in [0.2, 0.25) is 0 Å². The summed E-state index contributed by atoms with van der Waals surface area (Å²) >= 11 is 0. The topological polar surface area (TPSA) is 68.2 Å². The zero-order chi connectivity index (χ0) is 17.0. The average molecular weight is 316 g/mol. The molecule has 1 aromatic heterocycles. The Morgan fingerprint density at radius 3 is 2.35 bits per heavy atom. The highest BCUT2D eigenvalue weighted by Crippen LogP contribution is 2.20. The number of imidazole rings is 1. The summed E-state index contributed by atoms with van der Waals surface area (Å²) in [5, 5.41) is 6.09. The van der Waals surface area contributed by atoms with Crippen LogP contribution in [0.15, 0.2) is 36.7 Å². The van der Waals surface area contributed by atoms with Crippen LogP contribution < -0.4 is 10.6 Å². The SMILES string of the molecule is CC(Nc1ccc(NC(=O)OC(C)(C)C)cc1)c1nccn1C. The van der Waals surface area contributed by atoms with Gasteiger partial charge >= 0.3 is 6.09 Å². The van der Waals surface area contributed by atoms with Crippen LogP contribution in [0.5, 0.6) is 0 Å². The second-order valence-electron chi connectivity index (χ2n) is 6.47. The molecule has 2 N–H and O–H groups in total. The summed E-state index contributed by atoms with van der Waals surface area (Å²) in [7, 11) is 1.97. The Balaban J connectivity index is 1.94. The molecular weight excluding hydrogens is 292 g/mol. The van der Waals surface area contributed by atoms with Gasteiger partial charge in [-0.1, -0.05) is 0 Å². The van der Waals surface area contributed by atoms with E-state index in [4.69, 9.17) is 4.74 Å². The number of amides is 1. The summed E-state index contributed by atoms with van der Waals surface area (Å²) in [6, 6.07) is 7.56. The fourth-order valence-electron chi connectivity index (χ4n) is 2.18. The average Bonchev–Trinajstić information content (AvgIpc) is 2.85. The molecule has 0 fully saturated rings. The lowest BCUT2D eigenvalue weighted by Gasteiger charge is -2.20. The summed E-state index contributed by atoms with van der Waals surface area (Å²) in [5.74, 6) is 0.959. The number of anilines is 2. The van der Waals surface area contributed by atoms with Crippen molar-refractivity contribution >= 4 is 17.5 Å². The second kappa shape index (κ2) is 6.73. The van der Waals surface area contributed by atoms with Gasteiger partial charge in [-0.3, -0.25) is 5.32 Å². The van der Waals surface area contributed by atoms with Crippen molar-refractivity contribution in [1.82, 2.24) is 9.55 Å². The number of nitrogens with one attached hydrogen (secondary N) is 2. The van der Waals surface area contributed by atoms with Gasteiger partial charge in [0.05, 0.1) is 6.04 Å². The second-order valence-corrected chi connectivity index (χ2v) is 6.47. The van der Waals surface area contributed by atoms with Crippen LogP contribution >= 0.6 is 0 Å². The number of carbonyl (C=O) groups is 1. The normalized spacial score (nSPS) is 12.6. The lowest BCUT2D eigenvalue weighted by molar-refractivity contribution is 0.0636. The van der Waals surface area contributed by atoms with Crippen molar-refractivity contribution in [2.75, 3.05) is 10.6 Å². The van der Waals surface area contributed by atoms with Crippen molar-refractivity contribution in [3.05, 3.63) is 42.5 Å². The van der Waals surface area contributed by atoms with E-state index in [-0.39, 0.29) is 6.04 Å². The molecule has 1 heterocycles. The van der Waals surface area contributed by atoms with E-state index in [0.29, 0.717) is 5.69 Å². The summed E-state index contributed by atoms with van der Waals surface area (Å²) < 4.78 is 7.20. The minimum absolute atomic E-state index is 0.0830. The van der Waals surface area contributed by atoms with Crippen molar-refractivity contribution in [1.29, 1.82) is 0 Å². The fourth-order valence-corrected chi connectivity index (χ4v) is 2.18. The van der Waals surface area contributed by atoms with Gasteiger partial charge < -0.3 is 14.6 Å². The Morgan fingerprint density at radius 1 is 1.22 bits per heavy atom. The molecule has 0 aliphatic rings. The molecule has 2 rings (SSSR count). The lowest BCUT2D eigenvalue weighted by Crippen LogP contribution is -2.27. The molecular formula is C17H24N4O2. The first-order chi connectivity index (χ1) is 10.7. The predicted octanol–water partition coefficient (Wildman–Crippen LogP) is 3.94. The van der Waals surface area contributed by atoms with Gasteiger partial charge in [-0.05, 0) is 52.0 Å². The molecule has 6 heteroatoms. The van der Waals surface area contributed by atoms with Gasteiger partial charge in [0.1, 0.15) is 11.4 Å². The molecule has 0 radical (unpaired) electrons. The van der Waals surface area contributed by atoms with E-state index in [1.807, 2.05) is 62.8 Å². The van der Waals surface area contributed by atoms with Gasteiger partial charge in [0.25, 0.3) is 0 Å². The van der Waals surface area contributed by atoms with Crippen molar-refractivity contribution in [3.8, 4) is 0 Å². The van der Waals surface area contributed by atoms with Crippen molar-refractivity contribution in [2.45, 2.75) is 39.3 Å². The van der Waals surface area contributed by atoms with E-state index in [1.54, 1.807) is 6.20 Å².